The van der Waals surface area contributed by atoms with Crippen LogP contribution in [-0.4, -0.2) is 20.7 Å². The largest absolute Gasteiger partial charge is 0.479 e. The second-order valence-corrected chi connectivity index (χ2v) is 4.88. The molecule has 0 fully saturated rings. The molecule has 0 spiro atoms. The van der Waals surface area contributed by atoms with E-state index in [4.69, 9.17) is 5.11 Å². The monoisotopic (exact) mass is 297 g/mol. The third-order valence-corrected chi connectivity index (χ3v) is 3.50. The maximum atomic E-state index is 10.9. The molecule has 2 rings (SSSR count). The van der Waals surface area contributed by atoms with Crippen molar-refractivity contribution in [2.24, 2.45) is 7.05 Å². The van der Waals surface area contributed by atoms with Crippen molar-refractivity contribution in [2.75, 3.05) is 0 Å². The minimum Gasteiger partial charge on any atom is -0.479 e. The fourth-order valence-electron chi connectivity index (χ4n) is 2.03. The molecule has 17 heavy (non-hydrogen) atoms. The van der Waals surface area contributed by atoms with Gasteiger partial charge in [-0.2, -0.15) is 0 Å². The van der Waals surface area contributed by atoms with E-state index >= 15 is 0 Å². The number of benzene rings is 1. The molecule has 1 heterocycles. The number of hydrogen-bond acceptors (Lipinski definition) is 2. The van der Waals surface area contributed by atoms with E-state index in [9.17, 15) is 9.90 Å². The zero-order valence-electron chi connectivity index (χ0n) is 9.44. The number of aliphatic carboxylic acids is 1. The van der Waals surface area contributed by atoms with Gasteiger partial charge in [0, 0.05) is 33.7 Å². The van der Waals surface area contributed by atoms with Crippen LogP contribution in [0.25, 0.3) is 10.9 Å². The van der Waals surface area contributed by atoms with Gasteiger partial charge in [0.05, 0.1) is 0 Å². The number of aromatic nitrogens is 1. The second-order valence-electron chi connectivity index (χ2n) is 3.96. The van der Waals surface area contributed by atoms with Gasteiger partial charge in [0.1, 0.15) is 0 Å². The Balaban J connectivity index is 2.80. The molecule has 2 N–H and O–H groups in total. The third-order valence-electron chi connectivity index (χ3n) is 3.01. The number of fused-ring (bicyclic) bond motifs is 1. The van der Waals surface area contributed by atoms with Crippen molar-refractivity contribution in [2.45, 2.75) is 13.0 Å². The predicted molar refractivity (Wildman–Crippen MR) is 68.0 cm³/mol. The minimum atomic E-state index is -1.49. The lowest BCUT2D eigenvalue weighted by Gasteiger charge is -2.06. The highest BCUT2D eigenvalue weighted by atomic mass is 79.9. The maximum Gasteiger partial charge on any atom is 0.337 e. The topological polar surface area (TPSA) is 62.5 Å². The highest BCUT2D eigenvalue weighted by Crippen LogP contribution is 2.31. The van der Waals surface area contributed by atoms with Crippen LogP contribution in [0.1, 0.15) is 17.4 Å². The summed E-state index contributed by atoms with van der Waals surface area (Å²) >= 11 is 3.37. The van der Waals surface area contributed by atoms with Crippen LogP contribution in [0.5, 0.6) is 0 Å². The zero-order chi connectivity index (χ0) is 12.7. The first kappa shape index (κ1) is 12.1. The van der Waals surface area contributed by atoms with Crippen molar-refractivity contribution in [3.8, 4) is 0 Å². The van der Waals surface area contributed by atoms with Gasteiger partial charge in [-0.1, -0.05) is 22.0 Å². The number of rotatable bonds is 2. The molecule has 0 saturated heterocycles. The van der Waals surface area contributed by atoms with Gasteiger partial charge in [-0.3, -0.25) is 0 Å². The summed E-state index contributed by atoms with van der Waals surface area (Å²) in [5, 5.41) is 19.4. The van der Waals surface area contributed by atoms with Crippen LogP contribution in [-0.2, 0) is 11.8 Å². The maximum absolute atomic E-state index is 10.9. The van der Waals surface area contributed by atoms with Gasteiger partial charge in [0.15, 0.2) is 6.10 Å². The summed E-state index contributed by atoms with van der Waals surface area (Å²) < 4.78 is 2.80. The Morgan fingerprint density at radius 3 is 2.71 bits per heavy atom. The molecule has 5 heteroatoms. The third kappa shape index (κ3) is 1.85. The molecule has 0 bridgehead atoms. The minimum absolute atomic E-state index is 0.461. The molecular formula is C12H12BrNO3. The van der Waals surface area contributed by atoms with Crippen molar-refractivity contribution in [3.63, 3.8) is 0 Å². The molecule has 0 radical (unpaired) electrons. The van der Waals surface area contributed by atoms with Gasteiger partial charge >= 0.3 is 5.97 Å². The fourth-order valence-corrected chi connectivity index (χ4v) is 2.38. The fraction of sp³-hybridized carbons (Fsp3) is 0.250. The molecule has 1 aromatic carbocycles. The van der Waals surface area contributed by atoms with E-state index < -0.39 is 12.1 Å². The Kier molecular flexibility index (Phi) is 2.97. The SMILES string of the molecule is Cc1c(C(O)C(=O)O)c2ccc(Br)cc2n1C. The van der Waals surface area contributed by atoms with Crippen LogP contribution in [0.2, 0.25) is 0 Å². The molecule has 2 aromatic rings. The summed E-state index contributed by atoms with van der Waals surface area (Å²) in [6, 6.07) is 5.55. The summed E-state index contributed by atoms with van der Waals surface area (Å²) in [7, 11) is 1.85. The summed E-state index contributed by atoms with van der Waals surface area (Å²) in [6.07, 6.45) is -1.49. The number of halogens is 1. The predicted octanol–water partition coefficient (Wildman–Crippen LogP) is 2.37. The highest BCUT2D eigenvalue weighted by molar-refractivity contribution is 9.10. The molecule has 0 aliphatic carbocycles. The van der Waals surface area contributed by atoms with Gasteiger partial charge < -0.3 is 14.8 Å². The Bertz CT molecular complexity index is 603. The van der Waals surface area contributed by atoms with Gasteiger partial charge in [-0.05, 0) is 19.1 Å². The van der Waals surface area contributed by atoms with Gasteiger partial charge in [0.2, 0.25) is 0 Å². The Hall–Kier alpha value is -1.33. The Morgan fingerprint density at radius 2 is 2.12 bits per heavy atom. The lowest BCUT2D eigenvalue weighted by Crippen LogP contribution is -2.11. The Morgan fingerprint density at radius 1 is 1.47 bits per heavy atom. The summed E-state index contributed by atoms with van der Waals surface area (Å²) in [4.78, 5) is 10.9. The van der Waals surface area contributed by atoms with Gasteiger partial charge in [-0.15, -0.1) is 0 Å². The van der Waals surface area contributed by atoms with Crippen LogP contribution in [0.4, 0.5) is 0 Å². The van der Waals surface area contributed by atoms with Crippen molar-refractivity contribution >= 4 is 32.8 Å². The number of carboxylic acid groups (broad SMARTS) is 1. The summed E-state index contributed by atoms with van der Waals surface area (Å²) in [6.45, 7) is 1.80. The van der Waals surface area contributed by atoms with E-state index in [1.807, 2.05) is 29.8 Å². The van der Waals surface area contributed by atoms with Crippen molar-refractivity contribution in [3.05, 3.63) is 33.9 Å². The van der Waals surface area contributed by atoms with Crippen LogP contribution in [0, 0.1) is 6.92 Å². The van der Waals surface area contributed by atoms with Crippen molar-refractivity contribution < 1.29 is 15.0 Å². The van der Waals surface area contributed by atoms with Crippen LogP contribution >= 0.6 is 15.9 Å². The first-order valence-electron chi connectivity index (χ1n) is 5.08. The lowest BCUT2D eigenvalue weighted by atomic mass is 10.1. The number of carboxylic acids is 1. The van der Waals surface area contributed by atoms with Gasteiger partial charge in [-0.25, -0.2) is 4.79 Å². The van der Waals surface area contributed by atoms with E-state index in [0.717, 1.165) is 21.1 Å². The van der Waals surface area contributed by atoms with Crippen LogP contribution < -0.4 is 0 Å². The van der Waals surface area contributed by atoms with Crippen LogP contribution in [0.3, 0.4) is 0 Å². The van der Waals surface area contributed by atoms with Gasteiger partial charge in [0.25, 0.3) is 0 Å². The summed E-state index contributed by atoms with van der Waals surface area (Å²) in [5.74, 6) is -1.23. The average molecular weight is 298 g/mol. The number of nitrogens with zero attached hydrogens (tertiary/aromatic N) is 1. The average Bonchev–Trinajstić information content (AvgIpc) is 2.51. The van der Waals surface area contributed by atoms with E-state index in [0.29, 0.717) is 5.56 Å². The zero-order valence-corrected chi connectivity index (χ0v) is 11.0. The molecule has 0 aliphatic heterocycles. The standard InChI is InChI=1S/C12H12BrNO3/c1-6-10(11(15)12(16)17)8-4-3-7(13)5-9(8)14(6)2/h3-5,11,15H,1-2H3,(H,16,17). The number of aliphatic hydroxyl groups is 1. The first-order chi connectivity index (χ1) is 7.93. The number of carbonyl (C=O) groups is 1. The lowest BCUT2D eigenvalue weighted by molar-refractivity contribution is -0.146. The first-order valence-corrected chi connectivity index (χ1v) is 5.88. The number of aryl methyl sites for hydroxylation is 1. The second kappa shape index (κ2) is 4.16. The Labute approximate surface area is 107 Å². The quantitative estimate of drug-likeness (QED) is 0.894. The molecule has 1 unspecified atom stereocenters. The number of hydrogen-bond donors (Lipinski definition) is 2. The van der Waals surface area contributed by atoms with E-state index in [1.165, 1.54) is 0 Å². The molecule has 4 nitrogen and oxygen atoms in total. The molecule has 90 valence electrons. The number of aliphatic hydroxyl groups excluding tert-OH is 1. The molecule has 0 amide bonds. The highest BCUT2D eigenvalue weighted by Gasteiger charge is 2.24. The normalized spacial score (nSPS) is 12.9. The molecule has 1 aromatic heterocycles. The molecular weight excluding hydrogens is 286 g/mol. The van der Waals surface area contributed by atoms with E-state index in [1.54, 1.807) is 6.92 Å². The van der Waals surface area contributed by atoms with Crippen LogP contribution in [0.15, 0.2) is 22.7 Å². The molecule has 0 saturated carbocycles. The van der Waals surface area contributed by atoms with E-state index in [2.05, 4.69) is 15.9 Å². The van der Waals surface area contributed by atoms with Crippen molar-refractivity contribution in [1.82, 2.24) is 4.57 Å². The van der Waals surface area contributed by atoms with E-state index in [-0.39, 0.29) is 0 Å². The smallest absolute Gasteiger partial charge is 0.337 e. The summed E-state index contributed by atoms with van der Waals surface area (Å²) in [5.41, 5.74) is 2.11. The van der Waals surface area contributed by atoms with Crippen molar-refractivity contribution in [1.29, 1.82) is 0 Å². The molecule has 1 atom stereocenters. The molecule has 0 aliphatic rings.